The summed E-state index contributed by atoms with van der Waals surface area (Å²) in [4.78, 5) is 2.38. The maximum Gasteiger partial charge on any atom is 0.216 e. The molecular formula is C12H22N4O. The van der Waals surface area contributed by atoms with Crippen LogP contribution in [0.5, 0.6) is 5.88 Å². The molecule has 2 atom stereocenters. The van der Waals surface area contributed by atoms with Crippen molar-refractivity contribution in [1.29, 1.82) is 0 Å². The maximum atomic E-state index is 6.04. The van der Waals surface area contributed by atoms with E-state index in [1.54, 1.807) is 11.8 Å². The first-order valence-electron chi connectivity index (χ1n) is 6.07. The molecule has 2 N–H and O–H groups in total. The molecule has 2 heterocycles. The highest BCUT2D eigenvalue weighted by atomic mass is 16.5. The summed E-state index contributed by atoms with van der Waals surface area (Å²) >= 11 is 0. The molecule has 0 amide bonds. The van der Waals surface area contributed by atoms with Crippen molar-refractivity contribution in [3.05, 3.63) is 11.3 Å². The molecule has 1 aromatic heterocycles. The lowest BCUT2D eigenvalue weighted by atomic mass is 10.1. The molecule has 0 saturated carbocycles. The van der Waals surface area contributed by atoms with Crippen LogP contribution in [0.1, 0.15) is 18.2 Å². The van der Waals surface area contributed by atoms with Gasteiger partial charge in [-0.1, -0.05) is 6.92 Å². The fraction of sp³-hybridized carbons (Fsp3) is 0.750. The first kappa shape index (κ1) is 12.4. The molecule has 0 spiro atoms. The molecule has 96 valence electrons. The Morgan fingerprint density at radius 2 is 2.18 bits per heavy atom. The summed E-state index contributed by atoms with van der Waals surface area (Å²) in [6.45, 7) is 7.12. The van der Waals surface area contributed by atoms with Gasteiger partial charge in [-0.3, -0.25) is 4.90 Å². The minimum Gasteiger partial charge on any atom is -0.481 e. The van der Waals surface area contributed by atoms with Gasteiger partial charge in [0.1, 0.15) is 0 Å². The van der Waals surface area contributed by atoms with Crippen molar-refractivity contribution >= 4 is 0 Å². The fourth-order valence-corrected chi connectivity index (χ4v) is 2.57. The van der Waals surface area contributed by atoms with E-state index in [2.05, 4.69) is 16.9 Å². The topological polar surface area (TPSA) is 56.3 Å². The van der Waals surface area contributed by atoms with Crippen molar-refractivity contribution in [2.24, 2.45) is 18.7 Å². The van der Waals surface area contributed by atoms with Gasteiger partial charge in [-0.2, -0.15) is 5.10 Å². The van der Waals surface area contributed by atoms with Crippen molar-refractivity contribution in [3.63, 3.8) is 0 Å². The predicted octanol–water partition coefficient (Wildman–Crippen LogP) is 0.516. The third kappa shape index (κ3) is 2.30. The smallest absolute Gasteiger partial charge is 0.216 e. The monoisotopic (exact) mass is 238 g/mol. The molecule has 2 unspecified atom stereocenters. The highest BCUT2D eigenvalue weighted by Crippen LogP contribution is 2.25. The number of rotatable bonds is 3. The van der Waals surface area contributed by atoms with E-state index in [1.165, 1.54) is 5.56 Å². The zero-order valence-corrected chi connectivity index (χ0v) is 11.1. The molecule has 0 bridgehead atoms. The Morgan fingerprint density at radius 3 is 2.71 bits per heavy atom. The maximum absolute atomic E-state index is 6.04. The average molecular weight is 238 g/mol. The van der Waals surface area contributed by atoms with Crippen LogP contribution in [0.25, 0.3) is 0 Å². The van der Waals surface area contributed by atoms with Crippen LogP contribution in [-0.2, 0) is 13.6 Å². The van der Waals surface area contributed by atoms with Gasteiger partial charge in [0.2, 0.25) is 5.88 Å². The summed E-state index contributed by atoms with van der Waals surface area (Å²) in [5.74, 6) is 1.42. The number of aryl methyl sites for hydroxylation is 2. The van der Waals surface area contributed by atoms with Gasteiger partial charge in [0, 0.05) is 32.7 Å². The summed E-state index contributed by atoms with van der Waals surface area (Å²) < 4.78 is 7.20. The van der Waals surface area contributed by atoms with Crippen LogP contribution in [0.3, 0.4) is 0 Å². The van der Waals surface area contributed by atoms with Gasteiger partial charge in [-0.15, -0.1) is 0 Å². The van der Waals surface area contributed by atoms with Gasteiger partial charge < -0.3 is 10.5 Å². The number of aromatic nitrogens is 2. The Labute approximate surface area is 103 Å². The molecule has 1 aromatic rings. The zero-order chi connectivity index (χ0) is 12.6. The number of likely N-dealkylation sites (tertiary alicyclic amines) is 1. The molecule has 0 aromatic carbocycles. The molecule has 1 aliphatic heterocycles. The van der Waals surface area contributed by atoms with Crippen molar-refractivity contribution in [1.82, 2.24) is 14.7 Å². The molecule has 0 aliphatic carbocycles. The number of methoxy groups -OCH3 is 1. The standard InChI is InChI=1S/C12H22N4O/c1-8-5-16(7-11(8)13)6-10-9(2)14-15(3)12(10)17-4/h8,11H,5-7,13H2,1-4H3. The van der Waals surface area contributed by atoms with E-state index in [4.69, 9.17) is 10.5 Å². The van der Waals surface area contributed by atoms with E-state index < -0.39 is 0 Å². The fourth-order valence-electron chi connectivity index (χ4n) is 2.57. The van der Waals surface area contributed by atoms with Crippen LogP contribution >= 0.6 is 0 Å². The number of nitrogens with zero attached hydrogens (tertiary/aromatic N) is 3. The van der Waals surface area contributed by atoms with Gasteiger partial charge in [0.05, 0.1) is 18.4 Å². The Hall–Kier alpha value is -1.07. The van der Waals surface area contributed by atoms with Crippen molar-refractivity contribution < 1.29 is 4.74 Å². The number of hydrogen-bond donors (Lipinski definition) is 1. The van der Waals surface area contributed by atoms with E-state index in [0.29, 0.717) is 5.92 Å². The van der Waals surface area contributed by atoms with Crippen LogP contribution < -0.4 is 10.5 Å². The van der Waals surface area contributed by atoms with E-state index in [1.807, 2.05) is 14.0 Å². The first-order chi connectivity index (χ1) is 8.02. The second-order valence-electron chi connectivity index (χ2n) is 5.03. The molecule has 1 saturated heterocycles. The number of hydrogen-bond acceptors (Lipinski definition) is 4. The van der Waals surface area contributed by atoms with E-state index in [-0.39, 0.29) is 6.04 Å². The second-order valence-corrected chi connectivity index (χ2v) is 5.03. The highest BCUT2D eigenvalue weighted by molar-refractivity contribution is 5.30. The average Bonchev–Trinajstić information content (AvgIpc) is 2.70. The van der Waals surface area contributed by atoms with Crippen LogP contribution in [-0.4, -0.2) is 40.9 Å². The van der Waals surface area contributed by atoms with E-state index in [9.17, 15) is 0 Å². The lowest BCUT2D eigenvalue weighted by molar-refractivity contribution is 0.305. The molecule has 1 aliphatic rings. The predicted molar refractivity (Wildman–Crippen MR) is 66.9 cm³/mol. The molecule has 17 heavy (non-hydrogen) atoms. The Kier molecular flexibility index (Phi) is 3.40. The van der Waals surface area contributed by atoms with Gasteiger partial charge in [-0.05, 0) is 12.8 Å². The van der Waals surface area contributed by atoms with Gasteiger partial charge in [-0.25, -0.2) is 4.68 Å². The summed E-state index contributed by atoms with van der Waals surface area (Å²) in [7, 11) is 3.60. The second kappa shape index (κ2) is 4.66. The SMILES string of the molecule is COc1c(CN2CC(C)C(N)C2)c(C)nn1C. The third-order valence-corrected chi connectivity index (χ3v) is 3.61. The quantitative estimate of drug-likeness (QED) is 0.834. The van der Waals surface area contributed by atoms with Gasteiger partial charge in [0.15, 0.2) is 0 Å². The summed E-state index contributed by atoms with van der Waals surface area (Å²) in [5, 5.41) is 4.40. The summed E-state index contributed by atoms with van der Waals surface area (Å²) in [6.07, 6.45) is 0. The van der Waals surface area contributed by atoms with Crippen LogP contribution in [0.15, 0.2) is 0 Å². The molecule has 0 radical (unpaired) electrons. The Bertz CT molecular complexity index is 391. The van der Waals surface area contributed by atoms with E-state index >= 15 is 0 Å². The first-order valence-corrected chi connectivity index (χ1v) is 6.07. The van der Waals surface area contributed by atoms with Crippen molar-refractivity contribution in [2.75, 3.05) is 20.2 Å². The Morgan fingerprint density at radius 1 is 1.47 bits per heavy atom. The summed E-state index contributed by atoms with van der Waals surface area (Å²) in [6, 6.07) is 0.290. The minimum absolute atomic E-state index is 0.290. The molecular weight excluding hydrogens is 216 g/mol. The minimum atomic E-state index is 0.290. The normalized spacial score (nSPS) is 25.5. The van der Waals surface area contributed by atoms with Crippen LogP contribution in [0.4, 0.5) is 0 Å². The van der Waals surface area contributed by atoms with Crippen LogP contribution in [0, 0.1) is 12.8 Å². The van der Waals surface area contributed by atoms with E-state index in [0.717, 1.165) is 31.2 Å². The third-order valence-electron chi connectivity index (χ3n) is 3.61. The van der Waals surface area contributed by atoms with Gasteiger partial charge in [0.25, 0.3) is 0 Å². The molecule has 2 rings (SSSR count). The number of nitrogens with two attached hydrogens (primary N) is 1. The molecule has 5 heteroatoms. The van der Waals surface area contributed by atoms with Crippen LogP contribution in [0.2, 0.25) is 0 Å². The van der Waals surface area contributed by atoms with Crippen molar-refractivity contribution in [3.8, 4) is 5.88 Å². The largest absolute Gasteiger partial charge is 0.481 e. The lowest BCUT2D eigenvalue weighted by Crippen LogP contribution is -2.28. The van der Waals surface area contributed by atoms with Gasteiger partial charge >= 0.3 is 0 Å². The summed E-state index contributed by atoms with van der Waals surface area (Å²) in [5.41, 5.74) is 8.26. The number of ether oxygens (including phenoxy) is 1. The lowest BCUT2D eigenvalue weighted by Gasteiger charge is -2.15. The highest BCUT2D eigenvalue weighted by Gasteiger charge is 2.28. The van der Waals surface area contributed by atoms with Crippen molar-refractivity contribution in [2.45, 2.75) is 26.4 Å². The zero-order valence-electron chi connectivity index (χ0n) is 11.1. The molecule has 5 nitrogen and oxygen atoms in total. The Balaban J connectivity index is 2.14. The molecule has 1 fully saturated rings.